The van der Waals surface area contributed by atoms with Gasteiger partial charge in [-0.15, -0.1) is 0 Å². The van der Waals surface area contributed by atoms with Crippen LogP contribution in [0, 0.1) is 0 Å². The van der Waals surface area contributed by atoms with E-state index in [4.69, 9.17) is 9.47 Å². The van der Waals surface area contributed by atoms with Gasteiger partial charge in [-0.1, -0.05) is 30.3 Å². The zero-order valence-corrected chi connectivity index (χ0v) is 18.6. The average molecular weight is 458 g/mol. The van der Waals surface area contributed by atoms with Crippen molar-refractivity contribution in [2.75, 3.05) is 20.8 Å². The highest BCUT2D eigenvalue weighted by atomic mass is 16.5. The van der Waals surface area contributed by atoms with Crippen molar-refractivity contribution in [2.45, 2.75) is 12.1 Å². The van der Waals surface area contributed by atoms with Crippen LogP contribution in [0.1, 0.15) is 21.5 Å². The van der Waals surface area contributed by atoms with Crippen LogP contribution < -0.4 is 20.1 Å². The van der Waals surface area contributed by atoms with Crippen molar-refractivity contribution in [3.63, 3.8) is 0 Å². The molecule has 34 heavy (non-hydrogen) atoms. The number of hydrogen-bond donors (Lipinski definition) is 2. The maximum atomic E-state index is 13.1. The van der Waals surface area contributed by atoms with Crippen molar-refractivity contribution in [1.29, 1.82) is 0 Å². The minimum atomic E-state index is -1.42. The molecule has 0 unspecified atom stereocenters. The van der Waals surface area contributed by atoms with E-state index in [1.165, 1.54) is 7.11 Å². The third-order valence-electron chi connectivity index (χ3n) is 6.21. The Kier molecular flexibility index (Phi) is 5.16. The Labute approximate surface area is 195 Å². The Morgan fingerprint density at radius 3 is 2.50 bits per heavy atom. The summed E-state index contributed by atoms with van der Waals surface area (Å²) in [6, 6.07) is 15.4. The van der Waals surface area contributed by atoms with Crippen LogP contribution in [-0.2, 0) is 16.9 Å². The molecular formula is C25H22N4O5. The lowest BCUT2D eigenvalue weighted by atomic mass is 9.88. The smallest absolute Gasteiger partial charge is 0.322 e. The van der Waals surface area contributed by atoms with E-state index >= 15 is 0 Å². The summed E-state index contributed by atoms with van der Waals surface area (Å²) in [5.74, 6) is 0.461. The molecule has 2 aliphatic heterocycles. The number of nitrogens with zero attached hydrogens (tertiary/aromatic N) is 2. The number of carbonyl (C=O) groups is 3. The Morgan fingerprint density at radius 1 is 1.03 bits per heavy atom. The van der Waals surface area contributed by atoms with Crippen molar-refractivity contribution in [3.8, 4) is 22.8 Å². The van der Waals surface area contributed by atoms with E-state index in [0.29, 0.717) is 34.9 Å². The maximum Gasteiger partial charge on any atom is 0.322 e. The molecule has 1 saturated heterocycles. The largest absolute Gasteiger partial charge is 0.497 e. The molecule has 5 rings (SSSR count). The van der Waals surface area contributed by atoms with Crippen LogP contribution in [-0.4, -0.2) is 48.5 Å². The number of methoxy groups -OCH3 is 2. The van der Waals surface area contributed by atoms with Gasteiger partial charge in [0, 0.05) is 23.9 Å². The number of nitrogens with one attached hydrogen (secondary N) is 2. The molecule has 2 aliphatic rings. The third-order valence-corrected chi connectivity index (χ3v) is 6.21. The summed E-state index contributed by atoms with van der Waals surface area (Å²) >= 11 is 0. The maximum absolute atomic E-state index is 13.1. The van der Waals surface area contributed by atoms with Crippen molar-refractivity contribution in [2.24, 2.45) is 0 Å². The third kappa shape index (κ3) is 3.42. The van der Waals surface area contributed by atoms with E-state index in [2.05, 4.69) is 15.6 Å². The van der Waals surface area contributed by atoms with Gasteiger partial charge in [0.25, 0.3) is 11.8 Å². The van der Waals surface area contributed by atoms with Crippen LogP contribution in [0.2, 0.25) is 0 Å². The number of fused-ring (bicyclic) bond motifs is 1. The summed E-state index contributed by atoms with van der Waals surface area (Å²) in [6.07, 6.45) is 1.67. The number of amides is 4. The number of urea groups is 1. The van der Waals surface area contributed by atoms with Crippen LogP contribution in [0.15, 0.2) is 60.8 Å². The number of benzene rings is 2. The molecule has 9 nitrogen and oxygen atoms in total. The van der Waals surface area contributed by atoms with Gasteiger partial charge in [-0.3, -0.25) is 19.9 Å². The topological polar surface area (TPSA) is 110 Å². The first kappa shape index (κ1) is 21.4. The van der Waals surface area contributed by atoms with E-state index in [-0.39, 0.29) is 12.5 Å². The van der Waals surface area contributed by atoms with Gasteiger partial charge in [-0.05, 0) is 35.4 Å². The number of aromatic nitrogens is 1. The summed E-state index contributed by atoms with van der Waals surface area (Å²) in [5.41, 5.74) is 1.93. The van der Waals surface area contributed by atoms with Gasteiger partial charge in [0.15, 0.2) is 5.54 Å². The highest BCUT2D eigenvalue weighted by Crippen LogP contribution is 2.34. The number of rotatable bonds is 6. The fraction of sp³-hybridized carbons (Fsp3) is 0.200. The van der Waals surface area contributed by atoms with Crippen molar-refractivity contribution >= 4 is 17.8 Å². The second-order valence-electron chi connectivity index (χ2n) is 8.13. The Hall–Kier alpha value is -4.40. The lowest BCUT2D eigenvalue weighted by molar-refractivity contribution is -0.124. The standard InChI is InChI=1S/C25H22N4O5/c1-33-18-10-7-16-13-29(22(30)19(16)12-18)14-25(23(31)27-24(32)28-25)17-8-5-15(6-9-17)21-20(34-2)4-3-11-26-21/h3-12H,13-14H2,1-2H3,(H2,27,28,31,32)/t25-/m0/s1. The molecule has 0 saturated carbocycles. The number of pyridine rings is 1. The van der Waals surface area contributed by atoms with Gasteiger partial charge in [0.05, 0.1) is 20.8 Å². The van der Waals surface area contributed by atoms with Crippen LogP contribution in [0.4, 0.5) is 4.79 Å². The fourth-order valence-corrected chi connectivity index (χ4v) is 4.46. The van der Waals surface area contributed by atoms with Crippen LogP contribution in [0.25, 0.3) is 11.3 Å². The predicted molar refractivity (Wildman–Crippen MR) is 122 cm³/mol. The first-order valence-electron chi connectivity index (χ1n) is 10.6. The molecule has 3 heterocycles. The van der Waals surface area contributed by atoms with Crippen molar-refractivity contribution in [3.05, 3.63) is 77.5 Å². The average Bonchev–Trinajstić information content (AvgIpc) is 3.33. The summed E-state index contributed by atoms with van der Waals surface area (Å²) in [4.78, 5) is 44.3. The second kappa shape index (κ2) is 8.18. The van der Waals surface area contributed by atoms with E-state index in [9.17, 15) is 14.4 Å². The molecular weight excluding hydrogens is 436 g/mol. The molecule has 2 N–H and O–H groups in total. The first-order valence-corrected chi connectivity index (χ1v) is 10.6. The van der Waals surface area contributed by atoms with Crippen LogP contribution >= 0.6 is 0 Å². The van der Waals surface area contributed by atoms with E-state index in [1.54, 1.807) is 48.5 Å². The van der Waals surface area contributed by atoms with Crippen LogP contribution in [0.5, 0.6) is 11.5 Å². The van der Waals surface area contributed by atoms with Crippen LogP contribution in [0.3, 0.4) is 0 Å². The zero-order valence-electron chi connectivity index (χ0n) is 18.6. The molecule has 0 aliphatic carbocycles. The summed E-state index contributed by atoms with van der Waals surface area (Å²) in [5, 5.41) is 5.07. The number of hydrogen-bond acceptors (Lipinski definition) is 6. The highest BCUT2D eigenvalue weighted by Gasteiger charge is 2.50. The first-order chi connectivity index (χ1) is 16.4. The van der Waals surface area contributed by atoms with Gasteiger partial charge in [-0.25, -0.2) is 4.79 Å². The summed E-state index contributed by atoms with van der Waals surface area (Å²) < 4.78 is 10.6. The van der Waals surface area contributed by atoms with Gasteiger partial charge in [-0.2, -0.15) is 0 Å². The minimum Gasteiger partial charge on any atom is -0.497 e. The molecule has 1 fully saturated rings. The number of ether oxygens (including phenoxy) is 2. The predicted octanol–water partition coefficient (Wildman–Crippen LogP) is 2.46. The van der Waals surface area contributed by atoms with E-state index in [1.807, 2.05) is 24.3 Å². The summed E-state index contributed by atoms with van der Waals surface area (Å²) in [6.45, 7) is 0.305. The van der Waals surface area contributed by atoms with Gasteiger partial charge in [0.1, 0.15) is 17.2 Å². The summed E-state index contributed by atoms with van der Waals surface area (Å²) in [7, 11) is 3.11. The molecule has 0 radical (unpaired) electrons. The minimum absolute atomic E-state index is 0.0212. The van der Waals surface area contributed by atoms with Crippen molar-refractivity contribution < 1.29 is 23.9 Å². The molecule has 4 amide bonds. The molecule has 2 aromatic carbocycles. The Bertz CT molecular complexity index is 1310. The monoisotopic (exact) mass is 458 g/mol. The van der Waals surface area contributed by atoms with Gasteiger partial charge in [0.2, 0.25) is 0 Å². The van der Waals surface area contributed by atoms with Crippen molar-refractivity contribution in [1.82, 2.24) is 20.5 Å². The zero-order chi connectivity index (χ0) is 23.9. The molecule has 3 aromatic rings. The van der Waals surface area contributed by atoms with E-state index < -0.39 is 17.5 Å². The number of imide groups is 1. The Balaban J connectivity index is 1.49. The lowest BCUT2D eigenvalue weighted by Gasteiger charge is -2.31. The van der Waals surface area contributed by atoms with Gasteiger partial charge >= 0.3 is 6.03 Å². The second-order valence-corrected chi connectivity index (χ2v) is 8.13. The van der Waals surface area contributed by atoms with Gasteiger partial charge < -0.3 is 19.7 Å². The molecule has 0 bridgehead atoms. The number of carbonyl (C=O) groups excluding carboxylic acids is 3. The highest BCUT2D eigenvalue weighted by molar-refractivity contribution is 6.08. The normalized spacial score (nSPS) is 19.0. The quantitative estimate of drug-likeness (QED) is 0.549. The lowest BCUT2D eigenvalue weighted by Crippen LogP contribution is -2.52. The molecule has 1 atom stereocenters. The Morgan fingerprint density at radius 2 is 1.82 bits per heavy atom. The fourth-order valence-electron chi connectivity index (χ4n) is 4.46. The molecule has 0 spiro atoms. The SMILES string of the molecule is COc1ccc2c(c1)C(=O)N(C[C@@]1(c3ccc(-c4ncccc4OC)cc3)NC(=O)NC1=O)C2. The molecule has 9 heteroatoms. The molecule has 172 valence electrons. The van der Waals surface area contributed by atoms with E-state index in [0.717, 1.165) is 11.1 Å². The molecule has 1 aromatic heterocycles.